The van der Waals surface area contributed by atoms with Crippen LogP contribution in [-0.2, 0) is 24.6 Å². The molecule has 2 aliphatic heterocycles. The maximum atomic E-state index is 14.3. The van der Waals surface area contributed by atoms with Crippen molar-refractivity contribution in [3.63, 3.8) is 0 Å². The van der Waals surface area contributed by atoms with E-state index in [4.69, 9.17) is 27.1 Å². The molecule has 2 saturated heterocycles. The van der Waals surface area contributed by atoms with E-state index < -0.39 is 60.6 Å². The normalized spacial score (nSPS) is 20.2. The molecule has 4 aromatic rings. The number of alkyl halides is 2. The summed E-state index contributed by atoms with van der Waals surface area (Å²) in [6.45, 7) is 0.585. The molecule has 0 aliphatic carbocycles. The summed E-state index contributed by atoms with van der Waals surface area (Å²) in [6, 6.07) is 8.70. The van der Waals surface area contributed by atoms with Gasteiger partial charge in [0.15, 0.2) is 0 Å². The molecular formula is C33H34ClF2N6O7PS2. The molecule has 2 aliphatic rings. The lowest BCUT2D eigenvalue weighted by Crippen LogP contribution is -2.60. The fourth-order valence-corrected chi connectivity index (χ4v) is 8.96. The van der Waals surface area contributed by atoms with Crippen LogP contribution >= 0.6 is 41.9 Å². The lowest BCUT2D eigenvalue weighted by molar-refractivity contribution is -0.142. The summed E-state index contributed by atoms with van der Waals surface area (Å²) in [5.41, 5.74) is 1.01. The Morgan fingerprint density at radius 3 is 2.58 bits per heavy atom. The number of benzene rings is 2. The van der Waals surface area contributed by atoms with Crippen LogP contribution in [0.5, 0.6) is 0 Å². The molecule has 6 rings (SSSR count). The van der Waals surface area contributed by atoms with Crippen LogP contribution in [0, 0.1) is 0 Å². The van der Waals surface area contributed by atoms with Crippen LogP contribution in [0.2, 0.25) is 5.02 Å². The van der Waals surface area contributed by atoms with Gasteiger partial charge >= 0.3 is 13.3 Å². The number of carbonyl (C=O) groups is 4. The Balaban J connectivity index is 1.19. The predicted octanol–water partition coefficient (Wildman–Crippen LogP) is 4.48. The molecule has 2 aromatic carbocycles. The maximum Gasteiger partial charge on any atom is 0.399 e. The van der Waals surface area contributed by atoms with Crippen LogP contribution in [0.3, 0.4) is 0 Å². The average Bonchev–Trinajstić information content (AvgIpc) is 3.85. The van der Waals surface area contributed by atoms with Crippen LogP contribution in [-0.4, -0.2) is 74.5 Å². The van der Waals surface area contributed by atoms with Gasteiger partial charge in [0.25, 0.3) is 5.91 Å². The molecule has 0 saturated carbocycles. The number of aromatic nitrogens is 1. The number of thiophene rings is 1. The smallest absolute Gasteiger partial charge is 0.370 e. The number of hydrogen-bond acceptors (Lipinski definition) is 9. The molecule has 2 fully saturated rings. The number of halogens is 3. The zero-order valence-electron chi connectivity index (χ0n) is 27.3. The number of fused-ring (bicyclic) bond motifs is 2. The largest absolute Gasteiger partial charge is 0.399 e. The molecule has 19 heteroatoms. The number of nitrogens with two attached hydrogens (primary N) is 1. The molecule has 1 unspecified atom stereocenters. The molecule has 2 aromatic heterocycles. The van der Waals surface area contributed by atoms with E-state index in [0.717, 1.165) is 33.9 Å². The number of carbonyl (C=O) groups excluding carboxylic acids is 4. The molecule has 13 nitrogen and oxygen atoms in total. The monoisotopic (exact) mass is 794 g/mol. The maximum absolute atomic E-state index is 14.3. The van der Waals surface area contributed by atoms with Gasteiger partial charge in [-0.25, -0.2) is 4.98 Å². The van der Waals surface area contributed by atoms with E-state index in [-0.39, 0.29) is 35.7 Å². The van der Waals surface area contributed by atoms with Crippen molar-refractivity contribution in [2.24, 2.45) is 5.73 Å². The van der Waals surface area contributed by atoms with Gasteiger partial charge in [0.1, 0.15) is 17.1 Å². The van der Waals surface area contributed by atoms with Gasteiger partial charge in [-0.3, -0.25) is 23.7 Å². The minimum atomic E-state index is -5.80. The molecule has 4 amide bonds. The standard InChI is InChI=1S/C33H34ClF2N6O7PS2/c34-20-4-1-17(2-5-20)27-16-39-31(52-27)22(7-10-28(37)43)40-29(44)24-8-6-21-11-12-38-15-23(32(46)42(21)24)41-30(45)26-14-18-13-19(3-9-25(18)51-26)33(35,36)50(47,48)49/h1-5,9,13-14,16,21-24,38H,6-8,10-12,15H2,(H2,37,43)(H,40,44)(H,41,45)(H2,47,48,49)/t21-,22?,23+,24+/m1/s1. The van der Waals surface area contributed by atoms with E-state index in [9.17, 15) is 32.5 Å². The molecule has 7 N–H and O–H groups in total. The number of nitrogens with zero attached hydrogens (tertiary/aromatic N) is 2. The van der Waals surface area contributed by atoms with E-state index in [1.807, 2.05) is 12.1 Å². The first-order valence-corrected chi connectivity index (χ1v) is 19.9. The van der Waals surface area contributed by atoms with Gasteiger partial charge in [-0.2, -0.15) is 8.78 Å². The van der Waals surface area contributed by atoms with Gasteiger partial charge in [0, 0.05) is 40.5 Å². The Bertz CT molecular complexity index is 2060. The van der Waals surface area contributed by atoms with Crippen molar-refractivity contribution in [3.05, 3.63) is 75.2 Å². The van der Waals surface area contributed by atoms with Crippen molar-refractivity contribution >= 4 is 75.6 Å². The highest BCUT2D eigenvalue weighted by Gasteiger charge is 2.50. The Labute approximate surface area is 309 Å². The highest BCUT2D eigenvalue weighted by molar-refractivity contribution is 7.52. The summed E-state index contributed by atoms with van der Waals surface area (Å²) < 4.78 is 40.5. The molecule has 0 bridgehead atoms. The van der Waals surface area contributed by atoms with E-state index in [2.05, 4.69) is 20.9 Å². The highest BCUT2D eigenvalue weighted by atomic mass is 35.5. The number of rotatable bonds is 11. The fourth-order valence-electron chi connectivity index (χ4n) is 6.40. The molecule has 52 heavy (non-hydrogen) atoms. The Kier molecular flexibility index (Phi) is 11.1. The van der Waals surface area contributed by atoms with E-state index in [1.54, 1.807) is 18.3 Å². The van der Waals surface area contributed by atoms with E-state index in [1.165, 1.54) is 28.4 Å². The van der Waals surface area contributed by atoms with Gasteiger partial charge in [-0.05, 0) is 73.5 Å². The molecular weight excluding hydrogens is 761 g/mol. The van der Waals surface area contributed by atoms with Crippen molar-refractivity contribution in [1.82, 2.24) is 25.8 Å². The predicted molar refractivity (Wildman–Crippen MR) is 192 cm³/mol. The second-order valence-electron chi connectivity index (χ2n) is 12.6. The van der Waals surface area contributed by atoms with E-state index in [0.29, 0.717) is 40.5 Å². The van der Waals surface area contributed by atoms with Crippen molar-refractivity contribution < 1.29 is 42.3 Å². The Hall–Kier alpha value is -3.83. The second kappa shape index (κ2) is 15.3. The first kappa shape index (κ1) is 37.9. The minimum absolute atomic E-state index is 0.0122. The molecule has 4 heterocycles. The van der Waals surface area contributed by atoms with Crippen LogP contribution in [0.4, 0.5) is 8.78 Å². The molecule has 0 radical (unpaired) electrons. The van der Waals surface area contributed by atoms with Crippen LogP contribution in [0.25, 0.3) is 20.5 Å². The van der Waals surface area contributed by atoms with Gasteiger partial charge in [0.05, 0.1) is 15.8 Å². The summed E-state index contributed by atoms with van der Waals surface area (Å²) in [7, 11) is -5.80. The average molecular weight is 795 g/mol. The molecule has 0 spiro atoms. The summed E-state index contributed by atoms with van der Waals surface area (Å²) in [5, 5.41) is 10.2. The van der Waals surface area contributed by atoms with Gasteiger partial charge in [0.2, 0.25) is 17.7 Å². The quantitative estimate of drug-likeness (QED) is 0.118. The van der Waals surface area contributed by atoms with Gasteiger partial charge in [-0.1, -0.05) is 29.8 Å². The Morgan fingerprint density at radius 1 is 1.12 bits per heavy atom. The van der Waals surface area contributed by atoms with Crippen LogP contribution in [0.1, 0.15) is 58.4 Å². The number of nitrogens with one attached hydrogen (secondary N) is 3. The van der Waals surface area contributed by atoms with Crippen molar-refractivity contribution in [2.75, 3.05) is 13.1 Å². The number of thiazole rings is 1. The molecule has 4 atom stereocenters. The summed E-state index contributed by atoms with van der Waals surface area (Å²) in [6.07, 6.45) is 3.35. The van der Waals surface area contributed by atoms with Crippen molar-refractivity contribution in [1.29, 1.82) is 0 Å². The lowest BCUT2D eigenvalue weighted by Gasteiger charge is -2.35. The zero-order valence-corrected chi connectivity index (χ0v) is 30.5. The number of hydrogen-bond donors (Lipinski definition) is 6. The first-order valence-electron chi connectivity index (χ1n) is 16.2. The SMILES string of the molecule is NC(=O)CCC(NC(=O)[C@@H]1CC[C@@H]2CCNC[C@H](NC(=O)c3cc4cc(C(F)(F)P(=O)(O)O)ccc4s3)C(=O)N21)c1ncc(-c2ccc(Cl)cc2)s1. The van der Waals surface area contributed by atoms with Gasteiger partial charge in [-0.15, -0.1) is 22.7 Å². The number of primary amides is 1. The fraction of sp³-hybridized carbons (Fsp3) is 0.364. The summed E-state index contributed by atoms with van der Waals surface area (Å²) in [5.74, 6) is -2.10. The third-order valence-electron chi connectivity index (χ3n) is 9.07. The summed E-state index contributed by atoms with van der Waals surface area (Å²) >= 11 is 8.34. The zero-order chi connectivity index (χ0) is 37.4. The molecule has 276 valence electrons. The van der Waals surface area contributed by atoms with Crippen LogP contribution in [0.15, 0.2) is 54.7 Å². The third kappa shape index (κ3) is 8.05. The second-order valence-corrected chi connectivity index (χ2v) is 16.8. The third-order valence-corrected chi connectivity index (χ3v) is 12.6. The highest BCUT2D eigenvalue weighted by Crippen LogP contribution is 2.59. The topological polar surface area (TPSA) is 204 Å². The van der Waals surface area contributed by atoms with Gasteiger partial charge < -0.3 is 36.4 Å². The Morgan fingerprint density at radius 2 is 1.87 bits per heavy atom. The number of amides is 4. The van der Waals surface area contributed by atoms with Crippen molar-refractivity contribution in [3.8, 4) is 10.4 Å². The van der Waals surface area contributed by atoms with Crippen LogP contribution < -0.4 is 21.7 Å². The van der Waals surface area contributed by atoms with E-state index >= 15 is 0 Å². The van der Waals surface area contributed by atoms with Crippen molar-refractivity contribution in [2.45, 2.75) is 61.9 Å². The summed E-state index contributed by atoms with van der Waals surface area (Å²) in [4.78, 5) is 78.4. The first-order chi connectivity index (χ1) is 24.6. The lowest BCUT2D eigenvalue weighted by atomic mass is 10.1. The minimum Gasteiger partial charge on any atom is -0.370 e.